The van der Waals surface area contributed by atoms with E-state index in [0.29, 0.717) is 6.42 Å². The van der Waals surface area contributed by atoms with Crippen molar-refractivity contribution in [2.24, 2.45) is 5.92 Å². The average Bonchev–Trinajstić information content (AvgIpc) is 2.29. The highest BCUT2D eigenvalue weighted by Crippen LogP contribution is 2.11. The van der Waals surface area contributed by atoms with E-state index in [4.69, 9.17) is 16.7 Å². The molecule has 1 aromatic rings. The van der Waals surface area contributed by atoms with Gasteiger partial charge in [-0.2, -0.15) is 0 Å². The molecule has 5 nitrogen and oxygen atoms in total. The van der Waals surface area contributed by atoms with Crippen molar-refractivity contribution in [3.63, 3.8) is 0 Å². The van der Waals surface area contributed by atoms with Gasteiger partial charge in [0.05, 0.1) is 11.5 Å². The Morgan fingerprint density at radius 3 is 2.82 bits per heavy atom. The number of pyridine rings is 1. The average molecular weight is 257 g/mol. The summed E-state index contributed by atoms with van der Waals surface area (Å²) in [7, 11) is 0. The zero-order chi connectivity index (χ0) is 12.8. The number of carbonyl (C=O) groups excluding carboxylic acids is 1. The molecule has 0 bridgehead atoms. The molecule has 0 aliphatic rings. The van der Waals surface area contributed by atoms with Crippen molar-refractivity contribution < 1.29 is 14.7 Å². The molecule has 1 atom stereocenters. The van der Waals surface area contributed by atoms with Crippen LogP contribution in [0, 0.1) is 5.92 Å². The normalized spacial score (nSPS) is 11.9. The van der Waals surface area contributed by atoms with Gasteiger partial charge in [0.15, 0.2) is 0 Å². The molecule has 17 heavy (non-hydrogen) atoms. The predicted molar refractivity (Wildman–Crippen MR) is 63.0 cm³/mol. The maximum Gasteiger partial charge on any atom is 0.308 e. The first-order valence-electron chi connectivity index (χ1n) is 5.17. The molecule has 0 radical (unpaired) electrons. The maximum atomic E-state index is 11.7. The smallest absolute Gasteiger partial charge is 0.308 e. The Labute approximate surface area is 104 Å². The van der Waals surface area contributed by atoms with Crippen molar-refractivity contribution in [3.05, 3.63) is 29.0 Å². The summed E-state index contributed by atoms with van der Waals surface area (Å²) in [6.07, 6.45) is 1.93. The molecule has 1 rings (SSSR count). The largest absolute Gasteiger partial charge is 0.481 e. The van der Waals surface area contributed by atoms with E-state index in [-0.39, 0.29) is 17.3 Å². The Kier molecular flexibility index (Phi) is 4.90. The summed E-state index contributed by atoms with van der Waals surface area (Å²) in [5, 5.41) is 11.5. The van der Waals surface area contributed by atoms with Crippen molar-refractivity contribution in [2.45, 2.75) is 13.3 Å². The Bertz CT molecular complexity index is 423. The molecule has 0 fully saturated rings. The van der Waals surface area contributed by atoms with Gasteiger partial charge in [-0.25, -0.2) is 4.98 Å². The Balaban J connectivity index is 2.62. The van der Waals surface area contributed by atoms with Crippen LogP contribution < -0.4 is 5.32 Å². The molecule has 1 amide bonds. The van der Waals surface area contributed by atoms with Gasteiger partial charge in [-0.3, -0.25) is 9.59 Å². The van der Waals surface area contributed by atoms with Crippen LogP contribution in [-0.2, 0) is 4.79 Å². The second-order valence-electron chi connectivity index (χ2n) is 3.50. The fourth-order valence-electron chi connectivity index (χ4n) is 1.27. The van der Waals surface area contributed by atoms with E-state index < -0.39 is 17.8 Å². The first-order valence-corrected chi connectivity index (χ1v) is 5.55. The molecule has 0 aliphatic carbocycles. The van der Waals surface area contributed by atoms with Crippen LogP contribution in [0.5, 0.6) is 0 Å². The summed E-state index contributed by atoms with van der Waals surface area (Å²) in [6, 6.07) is 3.13. The van der Waals surface area contributed by atoms with Crippen LogP contribution in [0.3, 0.4) is 0 Å². The van der Waals surface area contributed by atoms with Crippen molar-refractivity contribution in [2.75, 3.05) is 6.54 Å². The lowest BCUT2D eigenvalue weighted by Gasteiger charge is -2.11. The molecule has 92 valence electrons. The number of carboxylic acids is 1. The first-order chi connectivity index (χ1) is 8.06. The number of hydrogen-bond acceptors (Lipinski definition) is 3. The standard InChI is InChI=1S/C11H13ClN2O3/c1-2-7(11(16)17)6-14-10(15)8-4-3-5-13-9(8)12/h3-5,7H,2,6H2,1H3,(H,14,15)(H,16,17). The van der Waals surface area contributed by atoms with Gasteiger partial charge in [-0.05, 0) is 18.6 Å². The van der Waals surface area contributed by atoms with Crippen LogP contribution >= 0.6 is 11.6 Å². The molecule has 1 unspecified atom stereocenters. The number of carboxylic acid groups (broad SMARTS) is 1. The minimum absolute atomic E-state index is 0.0793. The number of carbonyl (C=O) groups is 2. The number of amides is 1. The third-order valence-electron chi connectivity index (χ3n) is 2.35. The van der Waals surface area contributed by atoms with Crippen LogP contribution in [0.15, 0.2) is 18.3 Å². The van der Waals surface area contributed by atoms with Crippen LogP contribution in [0.4, 0.5) is 0 Å². The summed E-state index contributed by atoms with van der Waals surface area (Å²) >= 11 is 5.74. The Morgan fingerprint density at radius 2 is 2.29 bits per heavy atom. The van der Waals surface area contributed by atoms with Crippen molar-refractivity contribution in [1.29, 1.82) is 0 Å². The van der Waals surface area contributed by atoms with E-state index >= 15 is 0 Å². The van der Waals surface area contributed by atoms with Gasteiger partial charge in [0, 0.05) is 12.7 Å². The van der Waals surface area contributed by atoms with Gasteiger partial charge >= 0.3 is 5.97 Å². The van der Waals surface area contributed by atoms with Crippen molar-refractivity contribution >= 4 is 23.5 Å². The number of nitrogens with one attached hydrogen (secondary N) is 1. The fourth-order valence-corrected chi connectivity index (χ4v) is 1.48. The fraction of sp³-hybridized carbons (Fsp3) is 0.364. The summed E-state index contributed by atoms with van der Waals surface area (Å²) in [6.45, 7) is 1.83. The van der Waals surface area contributed by atoms with Crippen molar-refractivity contribution in [3.8, 4) is 0 Å². The molecule has 0 aliphatic heterocycles. The molecule has 0 spiro atoms. The Hall–Kier alpha value is -1.62. The summed E-state index contributed by atoms with van der Waals surface area (Å²) in [5.41, 5.74) is 0.245. The van der Waals surface area contributed by atoms with E-state index in [1.54, 1.807) is 13.0 Å². The van der Waals surface area contributed by atoms with Gasteiger partial charge in [0.2, 0.25) is 0 Å². The van der Waals surface area contributed by atoms with Gasteiger partial charge < -0.3 is 10.4 Å². The van der Waals surface area contributed by atoms with Crippen LogP contribution in [0.2, 0.25) is 5.15 Å². The molecular formula is C11H13ClN2O3. The second-order valence-corrected chi connectivity index (χ2v) is 3.85. The summed E-state index contributed by atoms with van der Waals surface area (Å²) < 4.78 is 0. The molecule has 0 saturated heterocycles. The number of nitrogens with zero attached hydrogens (tertiary/aromatic N) is 1. The third-order valence-corrected chi connectivity index (χ3v) is 2.66. The van der Waals surface area contributed by atoms with Gasteiger partial charge in [-0.15, -0.1) is 0 Å². The monoisotopic (exact) mass is 256 g/mol. The lowest BCUT2D eigenvalue weighted by molar-refractivity contribution is -0.141. The highest BCUT2D eigenvalue weighted by atomic mass is 35.5. The number of hydrogen-bond donors (Lipinski definition) is 2. The van der Waals surface area contributed by atoms with Crippen LogP contribution in [0.1, 0.15) is 23.7 Å². The van der Waals surface area contributed by atoms with Crippen LogP contribution in [0.25, 0.3) is 0 Å². The quantitative estimate of drug-likeness (QED) is 0.784. The highest BCUT2D eigenvalue weighted by Gasteiger charge is 2.17. The first kappa shape index (κ1) is 13.4. The zero-order valence-corrected chi connectivity index (χ0v) is 10.1. The summed E-state index contributed by atoms with van der Waals surface area (Å²) in [4.78, 5) is 26.2. The Morgan fingerprint density at radius 1 is 1.59 bits per heavy atom. The van der Waals surface area contributed by atoms with E-state index in [9.17, 15) is 9.59 Å². The van der Waals surface area contributed by atoms with E-state index in [0.717, 1.165) is 0 Å². The lowest BCUT2D eigenvalue weighted by atomic mass is 10.1. The minimum Gasteiger partial charge on any atom is -0.481 e. The molecule has 1 aromatic heterocycles. The SMILES string of the molecule is CCC(CNC(=O)c1cccnc1Cl)C(=O)O. The molecule has 0 aromatic carbocycles. The predicted octanol–water partition coefficient (Wildman–Crippen LogP) is 1.58. The van der Waals surface area contributed by atoms with Gasteiger partial charge in [0.1, 0.15) is 5.15 Å². The molecule has 2 N–H and O–H groups in total. The molecule has 1 heterocycles. The van der Waals surface area contributed by atoms with E-state index in [1.165, 1.54) is 12.3 Å². The van der Waals surface area contributed by atoms with E-state index in [1.807, 2.05) is 0 Å². The molecule has 0 saturated carbocycles. The molecular weight excluding hydrogens is 244 g/mol. The highest BCUT2D eigenvalue weighted by molar-refractivity contribution is 6.32. The lowest BCUT2D eigenvalue weighted by Crippen LogP contribution is -2.32. The number of halogens is 1. The van der Waals surface area contributed by atoms with Gasteiger partial charge in [0.25, 0.3) is 5.91 Å². The molecule has 6 heteroatoms. The number of aromatic nitrogens is 1. The van der Waals surface area contributed by atoms with Crippen molar-refractivity contribution in [1.82, 2.24) is 10.3 Å². The van der Waals surface area contributed by atoms with Gasteiger partial charge in [-0.1, -0.05) is 18.5 Å². The topological polar surface area (TPSA) is 79.3 Å². The summed E-state index contributed by atoms with van der Waals surface area (Å²) in [5.74, 6) is -1.93. The third kappa shape index (κ3) is 3.71. The maximum absolute atomic E-state index is 11.7. The number of rotatable bonds is 5. The van der Waals surface area contributed by atoms with Crippen LogP contribution in [-0.4, -0.2) is 28.5 Å². The zero-order valence-electron chi connectivity index (χ0n) is 9.31. The second kappa shape index (κ2) is 6.20. The minimum atomic E-state index is -0.926. The number of aliphatic carboxylic acids is 1. The van der Waals surface area contributed by atoms with E-state index in [2.05, 4.69) is 10.3 Å².